The quantitative estimate of drug-likeness (QED) is 0.850. The summed E-state index contributed by atoms with van der Waals surface area (Å²) < 4.78 is 28.4. The largest absolute Gasteiger partial charge is 0.497 e. The Balaban J connectivity index is 1.75. The fourth-order valence-electron chi connectivity index (χ4n) is 2.89. The normalized spacial score (nSPS) is 22.4. The van der Waals surface area contributed by atoms with Crippen molar-refractivity contribution in [3.8, 4) is 5.75 Å². The number of anilines is 1. The summed E-state index contributed by atoms with van der Waals surface area (Å²) in [6, 6.07) is 6.41. The van der Waals surface area contributed by atoms with E-state index in [-0.39, 0.29) is 36.0 Å². The van der Waals surface area contributed by atoms with Crippen molar-refractivity contribution in [3.63, 3.8) is 0 Å². The Morgan fingerprint density at radius 2 is 2.16 bits per heavy atom. The first-order valence-corrected chi connectivity index (χ1v) is 9.75. The monoisotopic (exact) mass is 365 g/mol. The second-order valence-corrected chi connectivity index (χ2v) is 8.26. The molecule has 1 fully saturated rings. The fourth-order valence-corrected chi connectivity index (χ4v) is 4.58. The van der Waals surface area contributed by atoms with Crippen molar-refractivity contribution < 1.29 is 22.7 Å². The third-order valence-corrected chi connectivity index (χ3v) is 5.95. The Morgan fingerprint density at radius 1 is 1.36 bits per heavy atom. The number of carbonyl (C=O) groups excluding carboxylic acids is 2. The van der Waals surface area contributed by atoms with Crippen LogP contribution in [0.1, 0.15) is 19.3 Å². The van der Waals surface area contributed by atoms with Crippen LogP contribution in [0.25, 0.3) is 0 Å². The molecule has 0 unspecified atom stereocenters. The second-order valence-electron chi connectivity index (χ2n) is 6.03. The van der Waals surface area contributed by atoms with Gasteiger partial charge in [-0.15, -0.1) is 0 Å². The summed E-state index contributed by atoms with van der Waals surface area (Å²) in [6.07, 6.45) is 0.716. The molecule has 1 N–H and O–H groups in total. The number of carbonyl (C=O) groups is 2. The number of rotatable bonds is 4. The zero-order valence-electron chi connectivity index (χ0n) is 13.8. The van der Waals surface area contributed by atoms with E-state index in [4.69, 9.17) is 4.74 Å². The number of nitrogens with zero attached hydrogens (tertiary/aromatic N) is 2. The number of ether oxygens (including phenoxy) is 1. The molecule has 0 spiro atoms. The van der Waals surface area contributed by atoms with Crippen LogP contribution in [-0.4, -0.2) is 55.6 Å². The lowest BCUT2D eigenvalue weighted by molar-refractivity contribution is -0.133. The molecule has 2 heterocycles. The van der Waals surface area contributed by atoms with Gasteiger partial charge in [-0.3, -0.25) is 9.59 Å². The van der Waals surface area contributed by atoms with Gasteiger partial charge in [-0.1, -0.05) is 6.07 Å². The minimum atomic E-state index is -3.14. The second kappa shape index (κ2) is 6.83. The molecule has 0 bridgehead atoms. The van der Waals surface area contributed by atoms with Crippen LogP contribution in [0.5, 0.6) is 5.75 Å². The van der Waals surface area contributed by atoms with E-state index in [1.54, 1.807) is 24.3 Å². The fraction of sp³-hybridized carbons (Fsp3) is 0.438. The average molecular weight is 365 g/mol. The first kappa shape index (κ1) is 17.4. The molecule has 8 nitrogen and oxygen atoms in total. The maximum absolute atomic E-state index is 12.4. The molecule has 134 valence electrons. The van der Waals surface area contributed by atoms with Crippen molar-refractivity contribution in [3.05, 3.63) is 24.3 Å². The number of methoxy groups -OCH3 is 1. The summed E-state index contributed by atoms with van der Waals surface area (Å²) in [5.74, 6) is -0.113. The highest BCUT2D eigenvalue weighted by Crippen LogP contribution is 2.23. The van der Waals surface area contributed by atoms with Crippen LogP contribution in [-0.2, 0) is 19.4 Å². The van der Waals surface area contributed by atoms with Crippen LogP contribution in [0, 0.1) is 0 Å². The molecule has 9 heteroatoms. The molecule has 2 amide bonds. The predicted molar refractivity (Wildman–Crippen MR) is 92.2 cm³/mol. The first-order chi connectivity index (χ1) is 11.9. The van der Waals surface area contributed by atoms with Gasteiger partial charge in [0.1, 0.15) is 11.5 Å². The molecule has 1 saturated heterocycles. The third kappa shape index (κ3) is 3.98. The standard InChI is InChI=1S/C16H19N3O5S/c1-24-13-4-2-3-11(9-13)17-16(21)14-5-6-15(20)19(18-14)12-7-8-25(22,23)10-12/h2-4,9,12H,5-8,10H2,1H3,(H,17,21)/t12-/m1/s1. The van der Waals surface area contributed by atoms with Crippen molar-refractivity contribution >= 4 is 33.1 Å². The van der Waals surface area contributed by atoms with Gasteiger partial charge in [-0.2, -0.15) is 5.10 Å². The van der Waals surface area contributed by atoms with Gasteiger partial charge in [0, 0.05) is 24.6 Å². The average Bonchev–Trinajstić information content (AvgIpc) is 2.95. The van der Waals surface area contributed by atoms with Crippen molar-refractivity contribution in [2.24, 2.45) is 5.10 Å². The van der Waals surface area contributed by atoms with Crippen LogP contribution in [0.3, 0.4) is 0 Å². The van der Waals surface area contributed by atoms with Crippen LogP contribution < -0.4 is 10.1 Å². The summed E-state index contributed by atoms with van der Waals surface area (Å²) in [4.78, 5) is 24.5. The summed E-state index contributed by atoms with van der Waals surface area (Å²) in [5.41, 5.74) is 0.769. The number of amides is 2. The number of sulfone groups is 1. The van der Waals surface area contributed by atoms with Gasteiger partial charge in [0.2, 0.25) is 5.91 Å². The zero-order valence-corrected chi connectivity index (χ0v) is 14.6. The maximum atomic E-state index is 12.4. The molecule has 2 aliphatic rings. The minimum Gasteiger partial charge on any atom is -0.497 e. The Bertz CT molecular complexity index is 834. The third-order valence-electron chi connectivity index (χ3n) is 4.20. The van der Waals surface area contributed by atoms with Gasteiger partial charge in [-0.25, -0.2) is 13.4 Å². The van der Waals surface area contributed by atoms with E-state index in [2.05, 4.69) is 10.4 Å². The number of hydrazone groups is 1. The summed E-state index contributed by atoms with van der Waals surface area (Å²) in [6.45, 7) is 0. The van der Waals surface area contributed by atoms with Crippen molar-refractivity contribution in [2.75, 3.05) is 23.9 Å². The van der Waals surface area contributed by atoms with E-state index in [0.717, 1.165) is 0 Å². The van der Waals surface area contributed by atoms with Gasteiger partial charge in [0.05, 0.1) is 24.7 Å². The molecule has 0 radical (unpaired) electrons. The molecule has 0 aliphatic carbocycles. The molecule has 25 heavy (non-hydrogen) atoms. The molecule has 0 aromatic heterocycles. The Labute approximate surface area is 145 Å². The number of hydrogen-bond acceptors (Lipinski definition) is 6. The van der Waals surface area contributed by atoms with Gasteiger partial charge in [0.25, 0.3) is 5.91 Å². The molecule has 3 rings (SSSR count). The highest BCUT2D eigenvalue weighted by molar-refractivity contribution is 7.91. The van der Waals surface area contributed by atoms with Gasteiger partial charge in [0.15, 0.2) is 9.84 Å². The predicted octanol–water partition coefficient (Wildman–Crippen LogP) is 0.799. The number of nitrogens with one attached hydrogen (secondary N) is 1. The Hall–Kier alpha value is -2.42. The maximum Gasteiger partial charge on any atom is 0.271 e. The number of hydrogen-bond donors (Lipinski definition) is 1. The lowest BCUT2D eigenvalue weighted by atomic mass is 10.1. The van der Waals surface area contributed by atoms with E-state index in [9.17, 15) is 18.0 Å². The molecule has 0 saturated carbocycles. The van der Waals surface area contributed by atoms with Crippen LogP contribution in [0.15, 0.2) is 29.4 Å². The molecule has 1 aromatic carbocycles. The smallest absolute Gasteiger partial charge is 0.271 e. The van der Waals surface area contributed by atoms with Crippen LogP contribution >= 0.6 is 0 Å². The van der Waals surface area contributed by atoms with Gasteiger partial charge in [-0.05, 0) is 18.6 Å². The molecule has 1 aromatic rings. The van der Waals surface area contributed by atoms with Gasteiger partial charge < -0.3 is 10.1 Å². The van der Waals surface area contributed by atoms with E-state index in [1.165, 1.54) is 12.1 Å². The number of benzene rings is 1. The Kier molecular flexibility index (Phi) is 4.76. The van der Waals surface area contributed by atoms with Crippen molar-refractivity contribution in [1.82, 2.24) is 5.01 Å². The van der Waals surface area contributed by atoms with E-state index < -0.39 is 21.8 Å². The van der Waals surface area contributed by atoms with Crippen LogP contribution in [0.4, 0.5) is 5.69 Å². The van der Waals surface area contributed by atoms with Crippen molar-refractivity contribution in [1.29, 1.82) is 0 Å². The van der Waals surface area contributed by atoms with E-state index >= 15 is 0 Å². The van der Waals surface area contributed by atoms with E-state index in [1.807, 2.05) is 0 Å². The van der Waals surface area contributed by atoms with Crippen molar-refractivity contribution in [2.45, 2.75) is 25.3 Å². The molecular weight excluding hydrogens is 346 g/mol. The molecular formula is C16H19N3O5S. The highest BCUT2D eigenvalue weighted by Gasteiger charge is 2.37. The molecule has 2 aliphatic heterocycles. The first-order valence-electron chi connectivity index (χ1n) is 7.93. The zero-order chi connectivity index (χ0) is 18.0. The topological polar surface area (TPSA) is 105 Å². The summed E-state index contributed by atoms with van der Waals surface area (Å²) >= 11 is 0. The van der Waals surface area contributed by atoms with Gasteiger partial charge >= 0.3 is 0 Å². The SMILES string of the molecule is COc1cccc(NC(=O)C2=NN([C@@H]3CCS(=O)(=O)C3)C(=O)CC2)c1. The summed E-state index contributed by atoms with van der Waals surface area (Å²) in [5, 5.41) is 8.04. The minimum absolute atomic E-state index is 0.0440. The lowest BCUT2D eigenvalue weighted by Crippen LogP contribution is -2.42. The summed E-state index contributed by atoms with van der Waals surface area (Å²) in [7, 11) is -1.61. The van der Waals surface area contributed by atoms with Crippen LogP contribution in [0.2, 0.25) is 0 Å². The lowest BCUT2D eigenvalue weighted by Gasteiger charge is -2.27. The Morgan fingerprint density at radius 3 is 2.84 bits per heavy atom. The highest BCUT2D eigenvalue weighted by atomic mass is 32.2. The molecule has 1 atom stereocenters. The van der Waals surface area contributed by atoms with E-state index in [0.29, 0.717) is 17.9 Å².